The molecule has 2 aromatic rings. The summed E-state index contributed by atoms with van der Waals surface area (Å²) in [5, 5.41) is 13.5. The van der Waals surface area contributed by atoms with E-state index in [1.165, 1.54) is 18.4 Å². The molecule has 112 valence electrons. The Morgan fingerprint density at radius 2 is 1.81 bits per heavy atom. The summed E-state index contributed by atoms with van der Waals surface area (Å²) in [6.45, 7) is 6.26. The molecular weight excluding hydrogens is 258 g/mol. The van der Waals surface area contributed by atoms with Gasteiger partial charge >= 0.3 is 0 Å². The van der Waals surface area contributed by atoms with Gasteiger partial charge in [0.15, 0.2) is 0 Å². The molecule has 0 radical (unpaired) electrons. The molecule has 0 aliphatic carbocycles. The highest BCUT2D eigenvalue weighted by molar-refractivity contribution is 5.49. The van der Waals surface area contributed by atoms with Crippen LogP contribution < -0.4 is 5.32 Å². The molecule has 0 fully saturated rings. The number of aromatic hydroxyl groups is 1. The zero-order chi connectivity index (χ0) is 15.2. The SMILES string of the molecule is CCCCc1ccc(NC(C)c2ccc(C)cc2O)cc1. The molecule has 0 amide bonds. The summed E-state index contributed by atoms with van der Waals surface area (Å²) in [6, 6.07) is 14.5. The second-order valence-corrected chi connectivity index (χ2v) is 5.73. The Kier molecular flexibility index (Phi) is 5.26. The molecule has 2 aromatic carbocycles. The van der Waals surface area contributed by atoms with Gasteiger partial charge in [0.2, 0.25) is 0 Å². The fourth-order valence-corrected chi connectivity index (χ4v) is 2.50. The van der Waals surface area contributed by atoms with Crippen molar-refractivity contribution in [3.8, 4) is 5.75 Å². The van der Waals surface area contributed by atoms with Gasteiger partial charge in [0.1, 0.15) is 5.75 Å². The molecule has 0 saturated heterocycles. The van der Waals surface area contributed by atoms with Crippen molar-refractivity contribution in [2.24, 2.45) is 0 Å². The minimum atomic E-state index is 0.0760. The molecular formula is C19H25NO. The number of unbranched alkanes of at least 4 members (excludes halogenated alkanes) is 1. The normalized spacial score (nSPS) is 12.1. The van der Waals surface area contributed by atoms with Crippen LogP contribution in [0.2, 0.25) is 0 Å². The summed E-state index contributed by atoms with van der Waals surface area (Å²) < 4.78 is 0. The maximum atomic E-state index is 10.0. The number of nitrogens with one attached hydrogen (secondary N) is 1. The van der Waals surface area contributed by atoms with Gasteiger partial charge in [0.25, 0.3) is 0 Å². The number of hydrogen-bond acceptors (Lipinski definition) is 2. The van der Waals surface area contributed by atoms with Gasteiger partial charge in [0.05, 0.1) is 6.04 Å². The van der Waals surface area contributed by atoms with E-state index in [-0.39, 0.29) is 6.04 Å². The molecule has 2 nitrogen and oxygen atoms in total. The predicted octanol–water partition coefficient (Wildman–Crippen LogP) is 5.22. The third kappa shape index (κ3) is 4.25. The summed E-state index contributed by atoms with van der Waals surface area (Å²) in [6.07, 6.45) is 3.61. The average molecular weight is 283 g/mol. The van der Waals surface area contributed by atoms with Crippen LogP contribution in [0.3, 0.4) is 0 Å². The van der Waals surface area contributed by atoms with Gasteiger partial charge in [-0.15, -0.1) is 0 Å². The van der Waals surface area contributed by atoms with E-state index < -0.39 is 0 Å². The Bertz CT molecular complexity index is 575. The van der Waals surface area contributed by atoms with E-state index in [9.17, 15) is 5.11 Å². The predicted molar refractivity (Wildman–Crippen MR) is 89.9 cm³/mol. The Morgan fingerprint density at radius 3 is 2.43 bits per heavy atom. The van der Waals surface area contributed by atoms with Gasteiger partial charge in [-0.25, -0.2) is 0 Å². The van der Waals surface area contributed by atoms with Gasteiger partial charge in [-0.2, -0.15) is 0 Å². The Hall–Kier alpha value is -1.96. The molecule has 2 rings (SSSR count). The van der Waals surface area contributed by atoms with Crippen molar-refractivity contribution in [3.05, 3.63) is 59.2 Å². The standard InChI is InChI=1S/C19H25NO/c1-4-5-6-16-8-10-17(11-9-16)20-15(3)18-12-7-14(2)13-19(18)21/h7-13,15,20-21H,4-6H2,1-3H3. The first kappa shape index (κ1) is 15.4. The highest BCUT2D eigenvalue weighted by Crippen LogP contribution is 2.27. The summed E-state index contributed by atoms with van der Waals surface area (Å²) >= 11 is 0. The first-order valence-corrected chi connectivity index (χ1v) is 7.75. The zero-order valence-electron chi connectivity index (χ0n) is 13.2. The van der Waals surface area contributed by atoms with Crippen LogP contribution in [0.5, 0.6) is 5.75 Å². The van der Waals surface area contributed by atoms with E-state index >= 15 is 0 Å². The Morgan fingerprint density at radius 1 is 1.10 bits per heavy atom. The monoisotopic (exact) mass is 283 g/mol. The average Bonchev–Trinajstić information content (AvgIpc) is 2.46. The first-order valence-electron chi connectivity index (χ1n) is 7.75. The van der Waals surface area contributed by atoms with E-state index in [1.807, 2.05) is 19.1 Å². The minimum Gasteiger partial charge on any atom is -0.508 e. The van der Waals surface area contributed by atoms with Crippen molar-refractivity contribution >= 4 is 5.69 Å². The lowest BCUT2D eigenvalue weighted by Gasteiger charge is -2.17. The molecule has 0 spiro atoms. The van der Waals surface area contributed by atoms with Crippen molar-refractivity contribution in [1.82, 2.24) is 0 Å². The van der Waals surface area contributed by atoms with Gasteiger partial charge in [0, 0.05) is 11.3 Å². The minimum absolute atomic E-state index is 0.0760. The fourth-order valence-electron chi connectivity index (χ4n) is 2.50. The number of rotatable bonds is 6. The molecule has 0 aliphatic rings. The maximum Gasteiger partial charge on any atom is 0.121 e. The lowest BCUT2D eigenvalue weighted by molar-refractivity contribution is 0.465. The molecule has 0 heterocycles. The van der Waals surface area contributed by atoms with Crippen molar-refractivity contribution < 1.29 is 5.11 Å². The number of anilines is 1. The van der Waals surface area contributed by atoms with Crippen molar-refractivity contribution in [2.45, 2.75) is 46.1 Å². The zero-order valence-corrected chi connectivity index (χ0v) is 13.2. The molecule has 21 heavy (non-hydrogen) atoms. The molecule has 0 aliphatic heterocycles. The number of benzene rings is 2. The van der Waals surface area contributed by atoms with E-state index in [0.717, 1.165) is 23.2 Å². The smallest absolute Gasteiger partial charge is 0.121 e. The number of aryl methyl sites for hydroxylation is 2. The van der Waals surface area contributed by atoms with Crippen LogP contribution >= 0.6 is 0 Å². The van der Waals surface area contributed by atoms with E-state index in [2.05, 4.69) is 43.4 Å². The maximum absolute atomic E-state index is 10.0. The van der Waals surface area contributed by atoms with E-state index in [1.54, 1.807) is 6.07 Å². The van der Waals surface area contributed by atoms with E-state index in [0.29, 0.717) is 5.75 Å². The Labute approximate surface area is 127 Å². The highest BCUT2D eigenvalue weighted by atomic mass is 16.3. The van der Waals surface area contributed by atoms with Crippen molar-refractivity contribution in [1.29, 1.82) is 0 Å². The van der Waals surface area contributed by atoms with Gasteiger partial charge in [-0.3, -0.25) is 0 Å². The summed E-state index contributed by atoms with van der Waals surface area (Å²) in [5.74, 6) is 0.356. The van der Waals surface area contributed by atoms with Crippen LogP contribution in [-0.4, -0.2) is 5.11 Å². The first-order chi connectivity index (χ1) is 10.1. The largest absolute Gasteiger partial charge is 0.508 e. The highest BCUT2D eigenvalue weighted by Gasteiger charge is 2.10. The molecule has 2 heteroatoms. The second kappa shape index (κ2) is 7.16. The molecule has 0 bridgehead atoms. The quantitative estimate of drug-likeness (QED) is 0.762. The van der Waals surface area contributed by atoms with Gasteiger partial charge in [-0.1, -0.05) is 37.6 Å². The Balaban J connectivity index is 2.03. The van der Waals surface area contributed by atoms with Crippen molar-refractivity contribution in [2.75, 3.05) is 5.32 Å². The third-order valence-electron chi connectivity index (χ3n) is 3.81. The summed E-state index contributed by atoms with van der Waals surface area (Å²) in [5.41, 5.74) is 4.47. The third-order valence-corrected chi connectivity index (χ3v) is 3.81. The number of phenolic OH excluding ortho intramolecular Hbond substituents is 1. The van der Waals surface area contributed by atoms with Gasteiger partial charge < -0.3 is 10.4 Å². The van der Waals surface area contributed by atoms with Crippen LogP contribution in [0, 0.1) is 6.92 Å². The molecule has 1 unspecified atom stereocenters. The molecule has 0 aromatic heterocycles. The van der Waals surface area contributed by atoms with Crippen LogP contribution in [-0.2, 0) is 6.42 Å². The second-order valence-electron chi connectivity index (χ2n) is 5.73. The summed E-state index contributed by atoms with van der Waals surface area (Å²) in [4.78, 5) is 0. The molecule has 2 N–H and O–H groups in total. The van der Waals surface area contributed by atoms with Crippen molar-refractivity contribution in [3.63, 3.8) is 0 Å². The van der Waals surface area contributed by atoms with Crippen LogP contribution in [0.4, 0.5) is 5.69 Å². The van der Waals surface area contributed by atoms with E-state index in [4.69, 9.17) is 0 Å². The molecule has 1 atom stereocenters. The number of hydrogen-bond donors (Lipinski definition) is 2. The summed E-state index contributed by atoms with van der Waals surface area (Å²) in [7, 11) is 0. The van der Waals surface area contributed by atoms with Crippen LogP contribution in [0.25, 0.3) is 0 Å². The fraction of sp³-hybridized carbons (Fsp3) is 0.368. The van der Waals surface area contributed by atoms with Crippen LogP contribution in [0.15, 0.2) is 42.5 Å². The number of phenols is 1. The van der Waals surface area contributed by atoms with Crippen LogP contribution in [0.1, 0.15) is 49.4 Å². The lowest BCUT2D eigenvalue weighted by atomic mass is 10.0. The van der Waals surface area contributed by atoms with Gasteiger partial charge in [-0.05, 0) is 56.0 Å². The molecule has 0 saturated carbocycles. The lowest BCUT2D eigenvalue weighted by Crippen LogP contribution is -2.07. The topological polar surface area (TPSA) is 32.3 Å².